The van der Waals surface area contributed by atoms with Crippen LogP contribution < -0.4 is 10.1 Å². The van der Waals surface area contributed by atoms with Crippen molar-refractivity contribution in [3.63, 3.8) is 0 Å². The van der Waals surface area contributed by atoms with E-state index in [-0.39, 0.29) is 35.5 Å². The van der Waals surface area contributed by atoms with Crippen LogP contribution in [0.15, 0.2) is 36.4 Å². The van der Waals surface area contributed by atoms with Gasteiger partial charge in [0.15, 0.2) is 0 Å². The third kappa shape index (κ3) is 3.42. The molecule has 0 spiro atoms. The Hall–Kier alpha value is -1.74. The normalized spacial score (nSPS) is 24.3. The largest absolute Gasteiger partial charge is 0.496 e. The van der Waals surface area contributed by atoms with Gasteiger partial charge in [-0.25, -0.2) is 4.79 Å². The van der Waals surface area contributed by atoms with Gasteiger partial charge in [-0.15, -0.1) is 11.8 Å². The summed E-state index contributed by atoms with van der Waals surface area (Å²) in [4.78, 5) is 38.7. The van der Waals surface area contributed by atoms with Crippen LogP contribution in [0.5, 0.6) is 5.75 Å². The van der Waals surface area contributed by atoms with Gasteiger partial charge < -0.3 is 20.1 Å². The predicted octanol–water partition coefficient (Wildman–Crippen LogP) is 1.71. The van der Waals surface area contributed by atoms with Gasteiger partial charge >= 0.3 is 5.97 Å². The monoisotopic (exact) mass is 423 g/mol. The molecule has 2 aliphatic rings. The van der Waals surface area contributed by atoms with Crippen LogP contribution >= 0.6 is 11.8 Å². The number of nitrogens with zero attached hydrogens (tertiary/aromatic N) is 1. The number of hydrogen-bond donors (Lipinski definition) is 2. The van der Waals surface area contributed by atoms with E-state index in [0.717, 1.165) is 10.8 Å². The first-order valence-electron chi connectivity index (χ1n) is 8.85. The van der Waals surface area contributed by atoms with E-state index in [1.54, 1.807) is 19.9 Å². The number of β-lactam (4-membered cyclic amide) rings is 1. The summed E-state index contributed by atoms with van der Waals surface area (Å²) in [5.74, 6) is -1.40. The fourth-order valence-corrected chi connectivity index (χ4v) is 5.64. The number of carboxylic acid groups (broad SMARTS) is 1. The van der Waals surface area contributed by atoms with Crippen molar-refractivity contribution in [2.24, 2.45) is 0 Å². The number of carbonyl (C=O) groups excluding carboxylic acids is 2. The average molecular weight is 423 g/mol. The van der Waals surface area contributed by atoms with Crippen LogP contribution in [-0.2, 0) is 9.59 Å². The molecule has 7 nitrogen and oxygen atoms in total. The topological polar surface area (TPSA) is 95.9 Å². The standard InChI is InChI=1S/C20H20N2O5S.Na/c1-20(2)15(19(25)26)22-17(24)14(18(22)28-20)21-16(23)13-11-7-5-4-6-10(11)8-9-12(13)27-3;/h4-9,14-15,18H,1-3H3,(H,21,23)(H,25,26);/t14-,15+,18-;/m1./s1. The summed E-state index contributed by atoms with van der Waals surface area (Å²) in [6, 6.07) is 9.37. The maximum atomic E-state index is 13.1. The van der Waals surface area contributed by atoms with Crippen molar-refractivity contribution in [2.75, 3.05) is 7.11 Å². The first-order chi connectivity index (χ1) is 13.3. The number of ether oxygens (including phenoxy) is 1. The van der Waals surface area contributed by atoms with Gasteiger partial charge in [0.25, 0.3) is 5.91 Å². The van der Waals surface area contributed by atoms with E-state index in [4.69, 9.17) is 4.74 Å². The van der Waals surface area contributed by atoms with Crippen LogP contribution in [0.3, 0.4) is 0 Å². The summed E-state index contributed by atoms with van der Waals surface area (Å²) in [6.07, 6.45) is 0. The molecule has 2 N–H and O–H groups in total. The fraction of sp³-hybridized carbons (Fsp3) is 0.350. The molecule has 0 unspecified atom stereocenters. The summed E-state index contributed by atoms with van der Waals surface area (Å²) in [6.45, 7) is 3.60. The van der Waals surface area contributed by atoms with E-state index in [9.17, 15) is 19.5 Å². The van der Waals surface area contributed by atoms with E-state index in [1.807, 2.05) is 30.3 Å². The molecule has 2 aromatic carbocycles. The molecule has 0 saturated carbocycles. The van der Waals surface area contributed by atoms with E-state index >= 15 is 0 Å². The average Bonchev–Trinajstić information content (AvgIpc) is 2.93. The number of rotatable bonds is 4. The zero-order chi connectivity index (χ0) is 20.2. The Labute approximate surface area is 194 Å². The quantitative estimate of drug-likeness (QED) is 0.574. The number of nitrogens with one attached hydrogen (secondary N) is 1. The molecule has 9 heteroatoms. The molecule has 2 amide bonds. The van der Waals surface area contributed by atoms with Gasteiger partial charge in [-0.05, 0) is 30.7 Å². The molecule has 4 rings (SSSR count). The Morgan fingerprint density at radius 1 is 1.21 bits per heavy atom. The molecular weight excluding hydrogens is 403 g/mol. The van der Waals surface area contributed by atoms with E-state index < -0.39 is 34.1 Å². The number of amides is 2. The van der Waals surface area contributed by atoms with Crippen LogP contribution in [0.25, 0.3) is 10.8 Å². The molecule has 2 fully saturated rings. The SMILES string of the molecule is COc1ccc2ccccc2c1C(=O)N[C@@H]1C(=O)N2[C@@H]1SC(C)(C)[C@@H]2C(=O)O.[Na]. The second-order valence-corrected chi connectivity index (χ2v) is 9.18. The molecule has 0 aromatic heterocycles. The summed E-state index contributed by atoms with van der Waals surface area (Å²) in [5, 5.41) is 13.5. The number of methoxy groups -OCH3 is 1. The van der Waals surface area contributed by atoms with Crippen LogP contribution in [-0.4, -0.2) is 86.7 Å². The molecule has 0 bridgehead atoms. The number of benzene rings is 2. The number of thioether (sulfide) groups is 1. The summed E-state index contributed by atoms with van der Waals surface area (Å²) < 4.78 is 4.73. The van der Waals surface area contributed by atoms with Crippen LogP contribution in [0.2, 0.25) is 0 Å². The number of fused-ring (bicyclic) bond motifs is 2. The van der Waals surface area contributed by atoms with Gasteiger partial charge in [-0.1, -0.05) is 30.3 Å². The number of hydrogen-bond acceptors (Lipinski definition) is 5. The van der Waals surface area contributed by atoms with Gasteiger partial charge in [-0.2, -0.15) is 0 Å². The molecule has 0 aliphatic carbocycles. The molecule has 1 radical (unpaired) electrons. The number of carboxylic acids is 1. The van der Waals surface area contributed by atoms with Crippen molar-refractivity contribution < 1.29 is 24.2 Å². The Kier molecular flexibility index (Phi) is 5.93. The van der Waals surface area contributed by atoms with E-state index in [0.29, 0.717) is 11.3 Å². The first kappa shape index (κ1) is 22.0. The molecular formula is C20H20N2NaO5S. The molecule has 147 valence electrons. The van der Waals surface area contributed by atoms with E-state index in [1.165, 1.54) is 23.8 Å². The maximum Gasteiger partial charge on any atom is 0.327 e. The van der Waals surface area contributed by atoms with Crippen molar-refractivity contribution in [3.05, 3.63) is 42.0 Å². The smallest absolute Gasteiger partial charge is 0.327 e. The van der Waals surface area contributed by atoms with Crippen molar-refractivity contribution in [1.82, 2.24) is 10.2 Å². The zero-order valence-electron chi connectivity index (χ0n) is 16.6. The molecule has 2 saturated heterocycles. The molecule has 2 aromatic rings. The number of carbonyl (C=O) groups is 3. The van der Waals surface area contributed by atoms with Gasteiger partial charge in [0, 0.05) is 34.3 Å². The third-order valence-electron chi connectivity index (χ3n) is 5.30. The molecule has 3 atom stereocenters. The van der Waals surface area contributed by atoms with Crippen molar-refractivity contribution >= 4 is 69.9 Å². The Bertz CT molecular complexity index is 1010. The summed E-state index contributed by atoms with van der Waals surface area (Å²) >= 11 is 1.39. The molecule has 29 heavy (non-hydrogen) atoms. The first-order valence-corrected chi connectivity index (χ1v) is 9.73. The van der Waals surface area contributed by atoms with Crippen LogP contribution in [0.4, 0.5) is 0 Å². The third-order valence-corrected chi connectivity index (χ3v) is 6.87. The zero-order valence-corrected chi connectivity index (χ0v) is 19.4. The van der Waals surface area contributed by atoms with Gasteiger partial charge in [0.2, 0.25) is 5.91 Å². The Morgan fingerprint density at radius 2 is 1.90 bits per heavy atom. The minimum atomic E-state index is -1.03. The van der Waals surface area contributed by atoms with Crippen LogP contribution in [0.1, 0.15) is 24.2 Å². The second-order valence-electron chi connectivity index (χ2n) is 7.41. The van der Waals surface area contributed by atoms with Crippen molar-refractivity contribution in [2.45, 2.75) is 36.1 Å². The van der Waals surface area contributed by atoms with Crippen LogP contribution in [0, 0.1) is 0 Å². The van der Waals surface area contributed by atoms with Gasteiger partial charge in [-0.3, -0.25) is 9.59 Å². The van der Waals surface area contributed by atoms with E-state index in [2.05, 4.69) is 5.32 Å². The molecule has 2 heterocycles. The maximum absolute atomic E-state index is 13.1. The molecule has 2 aliphatic heterocycles. The van der Waals surface area contributed by atoms with Gasteiger partial charge in [0.1, 0.15) is 23.2 Å². The predicted molar refractivity (Wildman–Crippen MR) is 111 cm³/mol. The van der Waals surface area contributed by atoms with Gasteiger partial charge in [0.05, 0.1) is 12.7 Å². The van der Waals surface area contributed by atoms with Crippen molar-refractivity contribution in [1.29, 1.82) is 0 Å². The Morgan fingerprint density at radius 3 is 2.55 bits per heavy atom. The fourth-order valence-electron chi connectivity index (χ4n) is 4.01. The second kappa shape index (κ2) is 7.83. The minimum absolute atomic E-state index is 0. The van der Waals surface area contributed by atoms with Crippen molar-refractivity contribution in [3.8, 4) is 5.75 Å². The summed E-state index contributed by atoms with van der Waals surface area (Å²) in [7, 11) is 1.49. The Balaban J connectivity index is 0.00000240. The number of aliphatic carboxylic acids is 1. The summed E-state index contributed by atoms with van der Waals surface area (Å²) in [5.41, 5.74) is 0.365. The minimum Gasteiger partial charge on any atom is -0.496 e.